The molecule has 0 aliphatic carbocycles. The van der Waals surface area contributed by atoms with Crippen molar-refractivity contribution < 1.29 is 13.5 Å². The summed E-state index contributed by atoms with van der Waals surface area (Å²) < 4.78 is 25.9. The van der Waals surface area contributed by atoms with Gasteiger partial charge in [0.25, 0.3) is 0 Å². The van der Waals surface area contributed by atoms with Crippen LogP contribution < -0.4 is 4.72 Å². The quantitative estimate of drug-likeness (QED) is 0.730. The second-order valence-electron chi connectivity index (χ2n) is 3.47. The van der Waals surface area contributed by atoms with Crippen LogP contribution in [0.25, 0.3) is 0 Å². The first-order valence-electron chi connectivity index (χ1n) is 5.29. The Kier molecular flexibility index (Phi) is 4.92. The Bertz CT molecular complexity index is 411. The van der Waals surface area contributed by atoms with Crippen molar-refractivity contribution in [3.63, 3.8) is 0 Å². The third-order valence-corrected chi connectivity index (χ3v) is 3.75. The van der Waals surface area contributed by atoms with Gasteiger partial charge in [0, 0.05) is 13.2 Å². The van der Waals surface area contributed by atoms with Gasteiger partial charge in [0.05, 0.1) is 4.90 Å². The Morgan fingerprint density at radius 2 is 1.88 bits per heavy atom. The van der Waals surface area contributed by atoms with Crippen LogP contribution in [-0.4, -0.2) is 26.7 Å². The van der Waals surface area contributed by atoms with E-state index in [0.717, 1.165) is 12.0 Å². The molecule has 1 rings (SSSR count). The number of nitrogens with one attached hydrogen (secondary N) is 1. The minimum atomic E-state index is -3.42. The molecule has 0 aliphatic rings. The summed E-state index contributed by atoms with van der Waals surface area (Å²) in [5, 5.41) is 8.57. The maximum atomic E-state index is 11.7. The number of hydrogen-bond acceptors (Lipinski definition) is 3. The van der Waals surface area contributed by atoms with E-state index in [1.165, 1.54) is 0 Å². The summed E-state index contributed by atoms with van der Waals surface area (Å²) in [5.41, 5.74) is 1.11. The van der Waals surface area contributed by atoms with Crippen LogP contribution in [0.15, 0.2) is 29.2 Å². The summed E-state index contributed by atoms with van der Waals surface area (Å²) in [6, 6.07) is 6.81. The van der Waals surface area contributed by atoms with Crippen molar-refractivity contribution in [2.24, 2.45) is 0 Å². The van der Waals surface area contributed by atoms with E-state index in [-0.39, 0.29) is 18.0 Å². The van der Waals surface area contributed by atoms with E-state index < -0.39 is 10.0 Å². The molecular weight excluding hydrogens is 226 g/mol. The van der Waals surface area contributed by atoms with Gasteiger partial charge in [0.2, 0.25) is 10.0 Å². The highest BCUT2D eigenvalue weighted by Crippen LogP contribution is 2.10. The predicted molar refractivity (Wildman–Crippen MR) is 62.7 cm³/mol. The molecular formula is C11H17NO3S. The molecule has 0 aromatic heterocycles. The first-order chi connectivity index (χ1) is 7.60. The van der Waals surface area contributed by atoms with Crippen molar-refractivity contribution in [1.29, 1.82) is 0 Å². The summed E-state index contributed by atoms with van der Waals surface area (Å²) in [7, 11) is -3.42. The van der Waals surface area contributed by atoms with Crippen LogP contribution in [0.3, 0.4) is 0 Å². The molecule has 90 valence electrons. The van der Waals surface area contributed by atoms with Crippen LogP contribution >= 0.6 is 0 Å². The average molecular weight is 243 g/mol. The van der Waals surface area contributed by atoms with E-state index in [2.05, 4.69) is 4.72 Å². The van der Waals surface area contributed by atoms with E-state index in [0.29, 0.717) is 6.42 Å². The maximum absolute atomic E-state index is 11.7. The summed E-state index contributed by atoms with van der Waals surface area (Å²) in [4.78, 5) is 0.266. The summed E-state index contributed by atoms with van der Waals surface area (Å²) in [6.45, 7) is 2.26. The van der Waals surface area contributed by atoms with Crippen molar-refractivity contribution in [3.8, 4) is 0 Å². The summed E-state index contributed by atoms with van der Waals surface area (Å²) in [6.07, 6.45) is 1.31. The lowest BCUT2D eigenvalue weighted by atomic mass is 10.2. The summed E-state index contributed by atoms with van der Waals surface area (Å²) >= 11 is 0. The van der Waals surface area contributed by atoms with Crippen LogP contribution in [0, 0.1) is 0 Å². The first kappa shape index (κ1) is 13.2. The molecule has 0 radical (unpaired) electrons. The van der Waals surface area contributed by atoms with Crippen LogP contribution in [0.5, 0.6) is 0 Å². The van der Waals surface area contributed by atoms with Gasteiger partial charge in [-0.25, -0.2) is 13.1 Å². The topological polar surface area (TPSA) is 66.4 Å². The third-order valence-electron chi connectivity index (χ3n) is 2.27. The minimum absolute atomic E-state index is 0.0166. The first-order valence-corrected chi connectivity index (χ1v) is 6.78. The second-order valence-corrected chi connectivity index (χ2v) is 5.24. The molecule has 1 aromatic rings. The number of aryl methyl sites for hydroxylation is 1. The molecule has 0 saturated carbocycles. The van der Waals surface area contributed by atoms with Crippen molar-refractivity contribution in [2.45, 2.75) is 24.7 Å². The Morgan fingerprint density at radius 1 is 1.25 bits per heavy atom. The number of benzene rings is 1. The molecule has 4 nitrogen and oxygen atoms in total. The standard InChI is InChI=1S/C11H17NO3S/c1-2-10-4-6-11(7-5-10)16(14,15)12-8-3-9-13/h4-7,12-13H,2-3,8-9H2,1H3. The molecule has 2 N–H and O–H groups in total. The molecule has 0 spiro atoms. The molecule has 1 aromatic carbocycles. The SMILES string of the molecule is CCc1ccc(S(=O)(=O)NCCCO)cc1. The Labute approximate surface area is 96.4 Å². The highest BCUT2D eigenvalue weighted by Gasteiger charge is 2.12. The third kappa shape index (κ3) is 3.59. The largest absolute Gasteiger partial charge is 0.396 e. The molecule has 0 heterocycles. The van der Waals surface area contributed by atoms with Gasteiger partial charge in [-0.2, -0.15) is 0 Å². The molecule has 0 atom stereocenters. The lowest BCUT2D eigenvalue weighted by molar-refractivity contribution is 0.289. The van der Waals surface area contributed by atoms with Gasteiger partial charge in [0.15, 0.2) is 0 Å². The van der Waals surface area contributed by atoms with Gasteiger partial charge >= 0.3 is 0 Å². The number of hydrogen-bond donors (Lipinski definition) is 2. The number of rotatable bonds is 6. The molecule has 0 bridgehead atoms. The molecule has 0 amide bonds. The molecule has 16 heavy (non-hydrogen) atoms. The van der Waals surface area contributed by atoms with Crippen molar-refractivity contribution in [2.75, 3.05) is 13.2 Å². The van der Waals surface area contributed by atoms with E-state index in [4.69, 9.17) is 5.11 Å². The molecule has 5 heteroatoms. The number of aliphatic hydroxyl groups is 1. The number of aliphatic hydroxyl groups excluding tert-OH is 1. The molecule has 0 saturated heterocycles. The minimum Gasteiger partial charge on any atom is -0.396 e. The monoisotopic (exact) mass is 243 g/mol. The Hall–Kier alpha value is -0.910. The smallest absolute Gasteiger partial charge is 0.240 e. The normalized spacial score (nSPS) is 11.6. The fourth-order valence-corrected chi connectivity index (χ4v) is 2.35. The van der Waals surface area contributed by atoms with Gasteiger partial charge in [-0.15, -0.1) is 0 Å². The second kappa shape index (κ2) is 5.98. The molecule has 0 aliphatic heterocycles. The van der Waals surface area contributed by atoms with Crippen LogP contribution in [0.1, 0.15) is 18.9 Å². The average Bonchev–Trinajstić information content (AvgIpc) is 2.29. The lowest BCUT2D eigenvalue weighted by Gasteiger charge is -2.06. The van der Waals surface area contributed by atoms with E-state index in [9.17, 15) is 8.42 Å². The van der Waals surface area contributed by atoms with Crippen LogP contribution in [0.4, 0.5) is 0 Å². The fourth-order valence-electron chi connectivity index (χ4n) is 1.27. The Morgan fingerprint density at radius 3 is 2.38 bits per heavy atom. The van der Waals surface area contributed by atoms with E-state index in [1.807, 2.05) is 6.92 Å². The lowest BCUT2D eigenvalue weighted by Crippen LogP contribution is -2.25. The molecule has 0 unspecified atom stereocenters. The number of sulfonamides is 1. The highest BCUT2D eigenvalue weighted by molar-refractivity contribution is 7.89. The van der Waals surface area contributed by atoms with Crippen molar-refractivity contribution >= 4 is 10.0 Å². The van der Waals surface area contributed by atoms with Gasteiger partial charge in [-0.05, 0) is 30.5 Å². The summed E-state index contributed by atoms with van der Waals surface area (Å²) in [5.74, 6) is 0. The predicted octanol–water partition coefficient (Wildman–Crippen LogP) is 0.910. The van der Waals surface area contributed by atoms with Gasteiger partial charge in [-0.3, -0.25) is 0 Å². The molecule has 0 fully saturated rings. The van der Waals surface area contributed by atoms with Gasteiger partial charge < -0.3 is 5.11 Å². The highest BCUT2D eigenvalue weighted by atomic mass is 32.2. The zero-order valence-electron chi connectivity index (χ0n) is 9.31. The maximum Gasteiger partial charge on any atom is 0.240 e. The van der Waals surface area contributed by atoms with Gasteiger partial charge in [-0.1, -0.05) is 19.1 Å². The Balaban J connectivity index is 2.74. The zero-order valence-corrected chi connectivity index (χ0v) is 10.1. The van der Waals surface area contributed by atoms with Crippen LogP contribution in [-0.2, 0) is 16.4 Å². The van der Waals surface area contributed by atoms with E-state index in [1.54, 1.807) is 24.3 Å². The van der Waals surface area contributed by atoms with E-state index >= 15 is 0 Å². The van der Waals surface area contributed by atoms with Crippen LogP contribution in [0.2, 0.25) is 0 Å². The van der Waals surface area contributed by atoms with Gasteiger partial charge in [0.1, 0.15) is 0 Å². The fraction of sp³-hybridized carbons (Fsp3) is 0.455. The zero-order chi connectivity index (χ0) is 12.0. The van der Waals surface area contributed by atoms with Crippen molar-refractivity contribution in [1.82, 2.24) is 4.72 Å². The van der Waals surface area contributed by atoms with Crippen molar-refractivity contribution in [3.05, 3.63) is 29.8 Å².